The van der Waals surface area contributed by atoms with Gasteiger partial charge < -0.3 is 15.5 Å². The van der Waals surface area contributed by atoms with E-state index in [0.717, 1.165) is 0 Å². The van der Waals surface area contributed by atoms with Crippen LogP contribution < -0.4 is 16.8 Å². The van der Waals surface area contributed by atoms with Crippen molar-refractivity contribution in [3.05, 3.63) is 52.8 Å². The number of nitrogen functional groups attached to an aromatic ring is 1. The number of halogens is 1. The molecule has 96 valence electrons. The zero-order valence-electron chi connectivity index (χ0n) is 9.74. The minimum atomic E-state index is -0.509. The molecule has 0 saturated heterocycles. The Kier molecular flexibility index (Phi) is 2.49. The van der Waals surface area contributed by atoms with Crippen molar-refractivity contribution in [3.63, 3.8) is 0 Å². The van der Waals surface area contributed by atoms with E-state index in [9.17, 15) is 9.18 Å². The zero-order chi connectivity index (χ0) is 13.4. The maximum atomic E-state index is 13.3. The lowest BCUT2D eigenvalue weighted by atomic mass is 10.2. The predicted molar refractivity (Wildman–Crippen MR) is 70.9 cm³/mol. The molecule has 3 aromatic rings. The van der Waals surface area contributed by atoms with E-state index in [-0.39, 0.29) is 5.69 Å². The van der Waals surface area contributed by atoms with Crippen molar-refractivity contribution in [2.45, 2.75) is 0 Å². The van der Waals surface area contributed by atoms with Crippen LogP contribution in [0.4, 0.5) is 21.5 Å². The molecule has 5 nitrogen and oxygen atoms in total. The summed E-state index contributed by atoms with van der Waals surface area (Å²) in [4.78, 5) is 13.6. The van der Waals surface area contributed by atoms with Crippen LogP contribution in [0.15, 0.2) is 45.6 Å². The average Bonchev–Trinajstić information content (AvgIpc) is 2.73. The summed E-state index contributed by atoms with van der Waals surface area (Å²) in [6.45, 7) is 0. The van der Waals surface area contributed by atoms with Crippen LogP contribution in [0.2, 0.25) is 0 Å². The van der Waals surface area contributed by atoms with Gasteiger partial charge in [0.2, 0.25) is 0 Å². The Hall–Kier alpha value is -2.76. The van der Waals surface area contributed by atoms with Gasteiger partial charge in [-0.25, -0.2) is 9.18 Å². The molecule has 0 radical (unpaired) electrons. The quantitative estimate of drug-likeness (QED) is 0.617. The number of nitrogens with two attached hydrogens (primary N) is 1. The first-order valence-corrected chi connectivity index (χ1v) is 5.57. The van der Waals surface area contributed by atoms with E-state index in [4.69, 9.17) is 10.2 Å². The third kappa shape index (κ3) is 2.15. The average molecular weight is 259 g/mol. The molecule has 0 unspecified atom stereocenters. The molecule has 0 aliphatic heterocycles. The van der Waals surface area contributed by atoms with Crippen LogP contribution in [0.25, 0.3) is 11.1 Å². The van der Waals surface area contributed by atoms with Gasteiger partial charge in [-0.2, -0.15) is 0 Å². The lowest BCUT2D eigenvalue weighted by Gasteiger charge is -2.07. The molecular formula is C13H10FN3O2. The fraction of sp³-hybridized carbons (Fsp3) is 0. The van der Waals surface area contributed by atoms with Gasteiger partial charge >= 0.3 is 5.76 Å². The van der Waals surface area contributed by atoms with Gasteiger partial charge in [0.05, 0.1) is 11.2 Å². The van der Waals surface area contributed by atoms with Crippen molar-refractivity contribution in [3.8, 4) is 0 Å². The first kappa shape index (κ1) is 11.3. The predicted octanol–water partition coefficient (Wildman–Crippen LogP) is 2.59. The van der Waals surface area contributed by atoms with Gasteiger partial charge in [-0.3, -0.25) is 4.98 Å². The van der Waals surface area contributed by atoms with Crippen LogP contribution >= 0.6 is 0 Å². The molecule has 6 heteroatoms. The fourth-order valence-corrected chi connectivity index (χ4v) is 1.80. The maximum Gasteiger partial charge on any atom is 0.417 e. The minimum absolute atomic E-state index is 0.0974. The van der Waals surface area contributed by atoms with Crippen LogP contribution in [0.5, 0.6) is 0 Å². The van der Waals surface area contributed by atoms with Crippen molar-refractivity contribution < 1.29 is 8.81 Å². The number of benzene rings is 2. The van der Waals surface area contributed by atoms with Crippen LogP contribution in [-0.2, 0) is 0 Å². The summed E-state index contributed by atoms with van der Waals surface area (Å²) in [5.41, 5.74) is 7.82. The molecule has 0 fully saturated rings. The molecule has 4 N–H and O–H groups in total. The molecule has 0 atom stereocenters. The summed E-state index contributed by atoms with van der Waals surface area (Å²) < 4.78 is 18.2. The first-order chi connectivity index (χ1) is 9.11. The zero-order valence-corrected chi connectivity index (χ0v) is 9.74. The fourth-order valence-electron chi connectivity index (χ4n) is 1.80. The molecule has 0 aliphatic carbocycles. The smallest absolute Gasteiger partial charge is 0.408 e. The molecule has 3 rings (SSSR count). The van der Waals surface area contributed by atoms with Gasteiger partial charge in [-0.15, -0.1) is 0 Å². The summed E-state index contributed by atoms with van der Waals surface area (Å²) in [5.74, 6) is -0.992. The highest BCUT2D eigenvalue weighted by Gasteiger charge is 2.04. The maximum absolute atomic E-state index is 13.3. The van der Waals surface area contributed by atoms with Crippen molar-refractivity contribution in [1.82, 2.24) is 4.98 Å². The number of fused-ring (bicyclic) bond motifs is 1. The van der Waals surface area contributed by atoms with Crippen molar-refractivity contribution in [2.24, 2.45) is 0 Å². The number of hydrogen-bond donors (Lipinski definition) is 3. The van der Waals surface area contributed by atoms with Crippen LogP contribution in [-0.4, -0.2) is 4.98 Å². The topological polar surface area (TPSA) is 84.0 Å². The van der Waals surface area contributed by atoms with Gasteiger partial charge in [0.25, 0.3) is 0 Å². The molecule has 0 saturated carbocycles. The molecule has 1 heterocycles. The second kappa shape index (κ2) is 4.16. The van der Waals surface area contributed by atoms with Crippen molar-refractivity contribution >= 4 is 28.2 Å². The number of nitrogens with one attached hydrogen (secondary N) is 2. The summed E-state index contributed by atoms with van der Waals surface area (Å²) in [6.07, 6.45) is 0. The summed E-state index contributed by atoms with van der Waals surface area (Å²) in [5, 5.41) is 3.01. The number of H-pyrrole nitrogens is 1. The minimum Gasteiger partial charge on any atom is -0.408 e. The van der Waals surface area contributed by atoms with Crippen LogP contribution in [0.1, 0.15) is 0 Å². The van der Waals surface area contributed by atoms with E-state index in [1.54, 1.807) is 24.3 Å². The lowest BCUT2D eigenvalue weighted by Crippen LogP contribution is -1.95. The van der Waals surface area contributed by atoms with E-state index < -0.39 is 11.6 Å². The van der Waals surface area contributed by atoms with E-state index in [1.165, 1.54) is 12.1 Å². The van der Waals surface area contributed by atoms with Crippen molar-refractivity contribution in [1.29, 1.82) is 0 Å². The largest absolute Gasteiger partial charge is 0.417 e. The number of aromatic nitrogens is 1. The Labute approximate surface area is 106 Å². The molecular weight excluding hydrogens is 249 g/mol. The first-order valence-electron chi connectivity index (χ1n) is 5.57. The molecule has 1 aromatic heterocycles. The summed E-state index contributed by atoms with van der Waals surface area (Å²) >= 11 is 0. The third-order valence-electron chi connectivity index (χ3n) is 2.71. The van der Waals surface area contributed by atoms with Gasteiger partial charge in [-0.1, -0.05) is 0 Å². The molecule has 0 aliphatic rings. The Balaban J connectivity index is 1.95. The molecule has 0 bridgehead atoms. The number of aromatic amines is 1. The van der Waals surface area contributed by atoms with Gasteiger partial charge in [0, 0.05) is 11.4 Å². The van der Waals surface area contributed by atoms with Gasteiger partial charge in [0.15, 0.2) is 5.58 Å². The van der Waals surface area contributed by atoms with E-state index >= 15 is 0 Å². The number of oxazole rings is 1. The summed E-state index contributed by atoms with van der Waals surface area (Å²) in [7, 11) is 0. The Morgan fingerprint density at radius 3 is 2.68 bits per heavy atom. The lowest BCUT2D eigenvalue weighted by molar-refractivity contribution is 0.555. The third-order valence-corrected chi connectivity index (χ3v) is 2.71. The van der Waals surface area contributed by atoms with Crippen LogP contribution in [0.3, 0.4) is 0 Å². The highest BCUT2D eigenvalue weighted by molar-refractivity contribution is 5.78. The molecule has 19 heavy (non-hydrogen) atoms. The normalized spacial score (nSPS) is 10.8. The van der Waals surface area contributed by atoms with Gasteiger partial charge in [0.1, 0.15) is 5.82 Å². The SMILES string of the molecule is Nc1ccc(Nc2ccc3oc(=O)[nH]c3c2)cc1F. The highest BCUT2D eigenvalue weighted by Crippen LogP contribution is 2.22. The van der Waals surface area contributed by atoms with E-state index in [2.05, 4.69) is 10.3 Å². The Bertz CT molecular complexity index is 807. The monoisotopic (exact) mass is 259 g/mol. The Morgan fingerprint density at radius 1 is 1.16 bits per heavy atom. The second-order valence-electron chi connectivity index (χ2n) is 4.09. The summed E-state index contributed by atoms with van der Waals surface area (Å²) in [6, 6.07) is 9.54. The van der Waals surface area contributed by atoms with Crippen molar-refractivity contribution in [2.75, 3.05) is 11.1 Å². The number of rotatable bonds is 2. The van der Waals surface area contributed by atoms with Gasteiger partial charge in [-0.05, 0) is 36.4 Å². The molecule has 0 spiro atoms. The Morgan fingerprint density at radius 2 is 1.89 bits per heavy atom. The highest BCUT2D eigenvalue weighted by atomic mass is 19.1. The molecule has 0 amide bonds. The number of hydrogen-bond acceptors (Lipinski definition) is 4. The van der Waals surface area contributed by atoms with E-state index in [0.29, 0.717) is 22.5 Å². The van der Waals surface area contributed by atoms with Crippen LogP contribution in [0, 0.1) is 5.82 Å². The second-order valence-corrected chi connectivity index (χ2v) is 4.09. The standard InChI is InChI=1S/C13H10FN3O2/c14-9-5-7(1-3-10(9)15)16-8-2-4-12-11(6-8)17-13(18)19-12/h1-6,16H,15H2,(H,17,18). The van der Waals surface area contributed by atoms with E-state index in [1.807, 2.05) is 0 Å². The molecule has 2 aromatic carbocycles. The number of anilines is 3.